The Morgan fingerprint density at radius 2 is 1.79 bits per heavy atom. The van der Waals surface area contributed by atoms with E-state index in [-0.39, 0.29) is 10.8 Å². The second kappa shape index (κ2) is 11.5. The van der Waals surface area contributed by atoms with E-state index in [1.807, 2.05) is 6.92 Å². The van der Waals surface area contributed by atoms with Gasteiger partial charge in [0.15, 0.2) is 0 Å². The van der Waals surface area contributed by atoms with E-state index in [1.54, 1.807) is 6.07 Å². The van der Waals surface area contributed by atoms with Crippen LogP contribution in [0.4, 0.5) is 18.9 Å². The van der Waals surface area contributed by atoms with E-state index in [1.165, 1.54) is 70.3 Å². The van der Waals surface area contributed by atoms with E-state index in [4.69, 9.17) is 0 Å². The maximum atomic E-state index is 13.6. The Hall–Kier alpha value is -1.37. The number of hydrogen-bond acceptors (Lipinski definition) is 3. The van der Waals surface area contributed by atoms with Crippen molar-refractivity contribution in [2.45, 2.75) is 115 Å². The Labute approximate surface area is 237 Å². The molecule has 218 valence electrons. The molecule has 0 aliphatic heterocycles. The molecule has 0 bridgehead atoms. The van der Waals surface area contributed by atoms with E-state index in [0.717, 1.165) is 54.5 Å². The molecule has 4 aliphatic rings. The summed E-state index contributed by atoms with van der Waals surface area (Å²) >= 11 is 0.783. The molecule has 3 nitrogen and oxygen atoms in total. The minimum absolute atomic E-state index is 0.0294. The third-order valence-electron chi connectivity index (χ3n) is 11.7. The summed E-state index contributed by atoms with van der Waals surface area (Å²) in [6.07, 6.45) is 11.7. The summed E-state index contributed by atoms with van der Waals surface area (Å²) in [4.78, 5) is 12.6. The van der Waals surface area contributed by atoms with Gasteiger partial charge < -0.3 is 5.32 Å². The lowest BCUT2D eigenvalue weighted by molar-refractivity contribution is -0.139. The molecule has 0 spiro atoms. The van der Waals surface area contributed by atoms with Crippen LogP contribution in [0.25, 0.3) is 0 Å². The fourth-order valence-electron chi connectivity index (χ4n) is 9.70. The molecular formula is C32H47F3N2OS. The zero-order valence-electron chi connectivity index (χ0n) is 24.0. The van der Waals surface area contributed by atoms with Crippen LogP contribution in [0.15, 0.2) is 23.1 Å². The van der Waals surface area contributed by atoms with Gasteiger partial charge in [-0.1, -0.05) is 26.7 Å². The zero-order chi connectivity index (χ0) is 27.8. The molecule has 2 N–H and O–H groups in total. The first-order valence-corrected chi connectivity index (χ1v) is 16.3. The minimum atomic E-state index is -4.47. The fourth-order valence-corrected chi connectivity index (χ4v) is 10.5. The number of carbonyl (C=O) groups is 1. The molecule has 1 aromatic carbocycles. The zero-order valence-corrected chi connectivity index (χ0v) is 24.8. The summed E-state index contributed by atoms with van der Waals surface area (Å²) in [7, 11) is 0. The summed E-state index contributed by atoms with van der Waals surface area (Å²) in [6, 6.07) is 4.17. The molecule has 39 heavy (non-hydrogen) atoms. The van der Waals surface area contributed by atoms with E-state index in [9.17, 15) is 18.0 Å². The highest BCUT2D eigenvalue weighted by Gasteiger charge is 2.59. The summed E-state index contributed by atoms with van der Waals surface area (Å²) in [5.74, 6) is 4.05. The van der Waals surface area contributed by atoms with Gasteiger partial charge >= 0.3 is 6.18 Å². The second-order valence-electron chi connectivity index (χ2n) is 13.5. The lowest BCUT2D eigenvalue weighted by atomic mass is 9.45. The normalized spacial score (nSPS) is 36.0. The van der Waals surface area contributed by atoms with Crippen molar-refractivity contribution in [2.24, 2.45) is 40.4 Å². The van der Waals surface area contributed by atoms with Gasteiger partial charge in [0.25, 0.3) is 0 Å². The van der Waals surface area contributed by atoms with Crippen molar-refractivity contribution < 1.29 is 18.0 Å². The van der Waals surface area contributed by atoms with Crippen molar-refractivity contribution >= 4 is 23.5 Å². The second-order valence-corrected chi connectivity index (χ2v) is 14.3. The topological polar surface area (TPSA) is 41.1 Å². The first-order chi connectivity index (χ1) is 18.6. The highest BCUT2D eigenvalue weighted by Crippen LogP contribution is 2.67. The van der Waals surface area contributed by atoms with E-state index in [0.29, 0.717) is 35.4 Å². The molecule has 1 amide bonds. The molecule has 0 saturated heterocycles. The number of halogens is 3. The van der Waals surface area contributed by atoms with Gasteiger partial charge in [-0.15, -0.1) is 0 Å². The number of carbonyl (C=O) groups excluding carboxylic acids is 1. The SMILES string of the molecule is CCNc1ccc(SNC(=O)CCCC2CCC3C4CCC5CCCCC5(C)C4CCC23C)c(C(F)(F)F)c1. The van der Waals surface area contributed by atoms with E-state index >= 15 is 0 Å². The summed E-state index contributed by atoms with van der Waals surface area (Å²) in [6.45, 7) is 7.57. The van der Waals surface area contributed by atoms with Gasteiger partial charge in [-0.25, -0.2) is 0 Å². The van der Waals surface area contributed by atoms with Crippen molar-refractivity contribution in [1.82, 2.24) is 4.72 Å². The standard InChI is InChI=1S/C32H47F3N2OS/c1-4-36-23-13-16-28(27(20-23)32(33,34)35)39-37-29(38)10-7-9-22-12-15-25-24-14-11-21-8-5-6-18-30(21,2)26(24)17-19-31(22,25)3/h13,16,20-22,24-26,36H,4-12,14-15,17-19H2,1-3H3,(H,37,38). The van der Waals surface area contributed by atoms with E-state index < -0.39 is 11.7 Å². The Balaban J connectivity index is 1.13. The molecule has 4 fully saturated rings. The van der Waals surface area contributed by atoms with Crippen LogP contribution in [-0.2, 0) is 11.0 Å². The van der Waals surface area contributed by atoms with Gasteiger partial charge in [0.2, 0.25) is 5.91 Å². The predicted molar refractivity (Wildman–Crippen MR) is 153 cm³/mol. The van der Waals surface area contributed by atoms with Crippen LogP contribution < -0.4 is 10.0 Å². The maximum absolute atomic E-state index is 13.6. The lowest BCUT2D eigenvalue weighted by Crippen LogP contribution is -2.52. The number of rotatable bonds is 8. The number of benzene rings is 1. The average molecular weight is 565 g/mol. The number of hydrogen-bond donors (Lipinski definition) is 2. The van der Waals surface area contributed by atoms with Crippen molar-refractivity contribution in [3.63, 3.8) is 0 Å². The first-order valence-electron chi connectivity index (χ1n) is 15.5. The Bertz CT molecular complexity index is 1030. The van der Waals surface area contributed by atoms with Crippen LogP contribution in [0.1, 0.15) is 110 Å². The molecule has 5 rings (SSSR count). The molecule has 4 saturated carbocycles. The molecule has 1 aromatic rings. The molecule has 7 atom stereocenters. The lowest BCUT2D eigenvalue weighted by Gasteiger charge is -2.60. The van der Waals surface area contributed by atoms with Crippen LogP contribution in [0.2, 0.25) is 0 Å². The maximum Gasteiger partial charge on any atom is 0.417 e. The van der Waals surface area contributed by atoms with Gasteiger partial charge in [0.05, 0.1) is 5.56 Å². The largest absolute Gasteiger partial charge is 0.417 e. The smallest absolute Gasteiger partial charge is 0.385 e. The van der Waals surface area contributed by atoms with Crippen molar-refractivity contribution in [1.29, 1.82) is 0 Å². The summed E-state index contributed by atoms with van der Waals surface area (Å²) < 4.78 is 43.5. The van der Waals surface area contributed by atoms with Crippen molar-refractivity contribution in [2.75, 3.05) is 11.9 Å². The molecule has 0 heterocycles. The number of fused-ring (bicyclic) bond motifs is 5. The predicted octanol–water partition coefficient (Wildman–Crippen LogP) is 9.48. The summed E-state index contributed by atoms with van der Waals surface area (Å²) in [5.41, 5.74) is 0.664. The van der Waals surface area contributed by atoms with Gasteiger partial charge in [-0.3, -0.25) is 9.52 Å². The van der Waals surface area contributed by atoms with Crippen LogP contribution in [-0.4, -0.2) is 12.5 Å². The molecule has 4 aliphatic carbocycles. The van der Waals surface area contributed by atoms with Crippen molar-refractivity contribution in [3.8, 4) is 0 Å². The number of amides is 1. The quantitative estimate of drug-likeness (QED) is 0.309. The molecular weight excluding hydrogens is 517 g/mol. The fraction of sp³-hybridized carbons (Fsp3) is 0.781. The highest BCUT2D eigenvalue weighted by atomic mass is 32.2. The molecule has 0 radical (unpaired) electrons. The van der Waals surface area contributed by atoms with Gasteiger partial charge in [0, 0.05) is 23.5 Å². The Morgan fingerprint density at radius 3 is 2.56 bits per heavy atom. The average Bonchev–Trinajstić information content (AvgIpc) is 3.23. The van der Waals surface area contributed by atoms with Gasteiger partial charge in [-0.2, -0.15) is 13.2 Å². The number of alkyl halides is 3. The van der Waals surface area contributed by atoms with Crippen LogP contribution >= 0.6 is 11.9 Å². The number of anilines is 1. The monoisotopic (exact) mass is 564 g/mol. The minimum Gasteiger partial charge on any atom is -0.385 e. The third kappa shape index (κ3) is 5.72. The Morgan fingerprint density at radius 1 is 1.00 bits per heavy atom. The summed E-state index contributed by atoms with van der Waals surface area (Å²) in [5, 5.41) is 2.92. The van der Waals surface area contributed by atoms with Gasteiger partial charge in [0.1, 0.15) is 0 Å². The van der Waals surface area contributed by atoms with Crippen molar-refractivity contribution in [3.05, 3.63) is 23.8 Å². The van der Waals surface area contributed by atoms with Crippen LogP contribution in [0, 0.1) is 40.4 Å². The molecule has 7 heteroatoms. The number of nitrogens with one attached hydrogen (secondary N) is 2. The molecule has 7 unspecified atom stereocenters. The van der Waals surface area contributed by atoms with E-state index in [2.05, 4.69) is 23.9 Å². The Kier molecular flexibility index (Phi) is 8.58. The van der Waals surface area contributed by atoms with Gasteiger partial charge in [-0.05, 0) is 142 Å². The first kappa shape index (κ1) is 29.1. The molecule has 0 aromatic heterocycles. The van der Waals surface area contributed by atoms with Crippen LogP contribution in [0.3, 0.4) is 0 Å². The van der Waals surface area contributed by atoms with Crippen LogP contribution in [0.5, 0.6) is 0 Å². The third-order valence-corrected chi connectivity index (χ3v) is 12.6. The highest BCUT2D eigenvalue weighted by molar-refractivity contribution is 7.98.